The molecule has 0 radical (unpaired) electrons. The number of hydrogen-bond acceptors (Lipinski definition) is 9. The van der Waals surface area contributed by atoms with Crippen molar-refractivity contribution in [3.8, 4) is 0 Å². The van der Waals surface area contributed by atoms with E-state index < -0.39 is 16.6 Å². The summed E-state index contributed by atoms with van der Waals surface area (Å²) in [5, 5.41) is 17.1. The number of nitrogens with one attached hydrogen (secondary N) is 2. The summed E-state index contributed by atoms with van der Waals surface area (Å²) >= 11 is 0.976. The first-order valence-electron chi connectivity index (χ1n) is 4.81. The predicted octanol–water partition coefficient (Wildman–Crippen LogP) is 0.379. The van der Waals surface area contributed by atoms with Gasteiger partial charge >= 0.3 is 5.82 Å². The van der Waals surface area contributed by atoms with Crippen molar-refractivity contribution in [2.45, 2.75) is 0 Å². The van der Waals surface area contributed by atoms with Crippen LogP contribution in [0.25, 0.3) is 0 Å². The van der Waals surface area contributed by atoms with E-state index in [-0.39, 0.29) is 11.3 Å². The smallest absolute Gasteiger partial charge is 0.358 e. The minimum Gasteiger partial charge on any atom is -0.358 e. The number of amides is 1. The Labute approximate surface area is 109 Å². The molecule has 10 nitrogen and oxygen atoms in total. The van der Waals surface area contributed by atoms with Crippen LogP contribution in [0, 0.1) is 10.1 Å². The van der Waals surface area contributed by atoms with E-state index in [1.54, 1.807) is 0 Å². The average Bonchev–Trinajstić information content (AvgIpc) is 2.90. The van der Waals surface area contributed by atoms with Crippen LogP contribution >= 0.6 is 11.5 Å². The van der Waals surface area contributed by atoms with Gasteiger partial charge in [0.2, 0.25) is 0 Å². The lowest BCUT2D eigenvalue weighted by Gasteiger charge is -2.06. The highest BCUT2D eigenvalue weighted by Gasteiger charge is 2.19. The number of nitrogens with two attached hydrogens (primary N) is 1. The first-order valence-corrected chi connectivity index (χ1v) is 5.59. The standard InChI is InChI=1S/C8H7N7O3S/c9-13-5-2-10-6(15(17)18)1-4(5)8(16)12-7-3-11-14-19-7/h1-3,13H,9H2,(H,12,16). The summed E-state index contributed by atoms with van der Waals surface area (Å²) in [6.07, 6.45) is 2.46. The molecule has 0 aromatic carbocycles. The number of hydrogen-bond donors (Lipinski definition) is 3. The summed E-state index contributed by atoms with van der Waals surface area (Å²) in [6.45, 7) is 0. The normalized spacial score (nSPS) is 9.95. The van der Waals surface area contributed by atoms with E-state index in [4.69, 9.17) is 5.84 Å². The number of hydrazine groups is 1. The van der Waals surface area contributed by atoms with E-state index in [2.05, 4.69) is 25.3 Å². The monoisotopic (exact) mass is 281 g/mol. The Balaban J connectivity index is 2.33. The molecule has 4 N–H and O–H groups in total. The zero-order valence-electron chi connectivity index (χ0n) is 9.23. The van der Waals surface area contributed by atoms with Gasteiger partial charge in [0.15, 0.2) is 6.20 Å². The maximum Gasteiger partial charge on any atom is 0.364 e. The molecule has 0 saturated heterocycles. The van der Waals surface area contributed by atoms with Crippen LogP contribution in [0.15, 0.2) is 18.5 Å². The number of carbonyl (C=O) groups excluding carboxylic acids is 1. The second-order valence-electron chi connectivity index (χ2n) is 3.23. The van der Waals surface area contributed by atoms with Crippen molar-refractivity contribution in [2.24, 2.45) is 5.84 Å². The van der Waals surface area contributed by atoms with Crippen molar-refractivity contribution >= 4 is 33.9 Å². The Kier molecular flexibility index (Phi) is 3.58. The number of nitrogens with zero attached hydrogens (tertiary/aromatic N) is 4. The van der Waals surface area contributed by atoms with Crippen LogP contribution in [0.4, 0.5) is 16.5 Å². The van der Waals surface area contributed by atoms with Crippen molar-refractivity contribution in [1.82, 2.24) is 14.6 Å². The molecule has 0 fully saturated rings. The van der Waals surface area contributed by atoms with Gasteiger partial charge in [0, 0.05) is 11.5 Å². The molecule has 0 aliphatic carbocycles. The minimum absolute atomic E-state index is 0.00222. The first kappa shape index (κ1) is 12.8. The lowest BCUT2D eigenvalue weighted by atomic mass is 10.2. The van der Waals surface area contributed by atoms with Gasteiger partial charge in [-0.25, -0.2) is 0 Å². The zero-order chi connectivity index (χ0) is 13.8. The van der Waals surface area contributed by atoms with Crippen molar-refractivity contribution < 1.29 is 9.72 Å². The third-order valence-corrected chi connectivity index (χ3v) is 2.65. The van der Waals surface area contributed by atoms with E-state index in [1.165, 1.54) is 6.20 Å². The van der Waals surface area contributed by atoms with E-state index >= 15 is 0 Å². The van der Waals surface area contributed by atoms with Gasteiger partial charge < -0.3 is 20.9 Å². The number of rotatable bonds is 4. The average molecular weight is 281 g/mol. The molecule has 2 aromatic rings. The second-order valence-corrected chi connectivity index (χ2v) is 4.01. The highest BCUT2D eigenvalue weighted by Crippen LogP contribution is 2.20. The molecule has 98 valence electrons. The molecule has 19 heavy (non-hydrogen) atoms. The molecule has 2 rings (SSSR count). The number of carbonyl (C=O) groups is 1. The van der Waals surface area contributed by atoms with Crippen LogP contribution in [0.5, 0.6) is 0 Å². The Morgan fingerprint density at radius 1 is 1.47 bits per heavy atom. The van der Waals surface area contributed by atoms with Crippen LogP contribution in [-0.4, -0.2) is 25.4 Å². The summed E-state index contributed by atoms with van der Waals surface area (Å²) in [7, 11) is 0. The number of pyridine rings is 1. The molecule has 2 heterocycles. The SMILES string of the molecule is NNc1cnc([N+](=O)[O-])cc1C(=O)Nc1cnns1. The lowest BCUT2D eigenvalue weighted by Crippen LogP contribution is -2.17. The minimum atomic E-state index is -0.703. The summed E-state index contributed by atoms with van der Waals surface area (Å²) in [5.41, 5.74) is 2.41. The molecule has 0 saturated carbocycles. The van der Waals surface area contributed by atoms with Gasteiger partial charge in [0.1, 0.15) is 10.7 Å². The van der Waals surface area contributed by atoms with Crippen LogP contribution in [0.1, 0.15) is 10.4 Å². The van der Waals surface area contributed by atoms with Crippen molar-refractivity contribution in [1.29, 1.82) is 0 Å². The van der Waals surface area contributed by atoms with E-state index in [1.807, 2.05) is 0 Å². The summed E-state index contributed by atoms with van der Waals surface area (Å²) in [6, 6.07) is 1.03. The number of anilines is 2. The van der Waals surface area contributed by atoms with Crippen molar-refractivity contribution in [2.75, 3.05) is 10.7 Å². The second kappa shape index (κ2) is 5.32. The third kappa shape index (κ3) is 2.78. The van der Waals surface area contributed by atoms with Crippen LogP contribution in [0.3, 0.4) is 0 Å². The van der Waals surface area contributed by atoms with Gasteiger partial charge in [0.05, 0.1) is 17.8 Å². The maximum absolute atomic E-state index is 12.0. The predicted molar refractivity (Wildman–Crippen MR) is 66.6 cm³/mol. The van der Waals surface area contributed by atoms with Gasteiger partial charge in [-0.3, -0.25) is 10.6 Å². The van der Waals surface area contributed by atoms with Crippen LogP contribution in [-0.2, 0) is 0 Å². The molecule has 0 unspecified atom stereocenters. The Morgan fingerprint density at radius 3 is 2.84 bits per heavy atom. The number of aromatic nitrogens is 3. The molecule has 11 heteroatoms. The molecule has 1 amide bonds. The Hall–Kier alpha value is -2.66. The molecular weight excluding hydrogens is 274 g/mol. The van der Waals surface area contributed by atoms with E-state index in [9.17, 15) is 14.9 Å². The topological polar surface area (TPSA) is 149 Å². The fraction of sp³-hybridized carbons (Fsp3) is 0. The largest absolute Gasteiger partial charge is 0.364 e. The fourth-order valence-corrected chi connectivity index (χ4v) is 1.66. The molecule has 0 aliphatic heterocycles. The highest BCUT2D eigenvalue weighted by atomic mass is 32.1. The van der Waals surface area contributed by atoms with Gasteiger partial charge in [-0.15, -0.1) is 5.10 Å². The first-order chi connectivity index (χ1) is 9.11. The van der Waals surface area contributed by atoms with E-state index in [0.717, 1.165) is 23.8 Å². The van der Waals surface area contributed by atoms with Gasteiger partial charge in [0.25, 0.3) is 5.91 Å². The molecule has 2 aromatic heterocycles. The van der Waals surface area contributed by atoms with Gasteiger partial charge in [-0.2, -0.15) is 0 Å². The number of nitro groups is 1. The van der Waals surface area contributed by atoms with Crippen molar-refractivity contribution in [3.63, 3.8) is 0 Å². The molecule has 0 bridgehead atoms. The zero-order valence-corrected chi connectivity index (χ0v) is 10.0. The summed E-state index contributed by atoms with van der Waals surface area (Å²) in [4.78, 5) is 25.4. The highest BCUT2D eigenvalue weighted by molar-refractivity contribution is 7.10. The van der Waals surface area contributed by atoms with Gasteiger partial charge in [-0.05, 0) is 9.91 Å². The van der Waals surface area contributed by atoms with E-state index in [0.29, 0.717) is 5.00 Å². The van der Waals surface area contributed by atoms with Crippen molar-refractivity contribution in [3.05, 3.63) is 34.1 Å². The molecule has 0 aliphatic rings. The lowest BCUT2D eigenvalue weighted by molar-refractivity contribution is -0.389. The number of nitrogen functional groups attached to an aromatic ring is 1. The quantitative estimate of drug-likeness (QED) is 0.413. The molecule has 0 atom stereocenters. The van der Waals surface area contributed by atoms with Crippen LogP contribution < -0.4 is 16.6 Å². The molecular formula is C8H7N7O3S. The fourth-order valence-electron chi connectivity index (χ4n) is 1.25. The molecule has 0 spiro atoms. The Bertz CT molecular complexity index is 615. The Morgan fingerprint density at radius 2 is 2.26 bits per heavy atom. The maximum atomic E-state index is 12.0. The van der Waals surface area contributed by atoms with Crippen LogP contribution in [0.2, 0.25) is 0 Å². The van der Waals surface area contributed by atoms with Gasteiger partial charge in [-0.1, -0.05) is 4.49 Å². The summed E-state index contributed by atoms with van der Waals surface area (Å²) < 4.78 is 3.57. The summed E-state index contributed by atoms with van der Waals surface area (Å²) in [5.74, 6) is 4.19. The third-order valence-electron chi connectivity index (χ3n) is 2.07.